The van der Waals surface area contributed by atoms with Crippen LogP contribution in [0.25, 0.3) is 0 Å². The normalized spacial score (nSPS) is 22.5. The highest BCUT2D eigenvalue weighted by Gasteiger charge is 2.14. The maximum atomic E-state index is 11.8. The number of ether oxygens (including phenoxy) is 1. The summed E-state index contributed by atoms with van der Waals surface area (Å²) >= 11 is 0. The van der Waals surface area contributed by atoms with E-state index < -0.39 is 10.8 Å². The fourth-order valence-corrected chi connectivity index (χ4v) is 2.85. The fraction of sp³-hybridized carbons (Fsp3) is 1.00. The molecule has 0 radical (unpaired) electrons. The first kappa shape index (κ1) is 13.1. The highest BCUT2D eigenvalue weighted by Crippen LogP contribution is 2.03. The van der Waals surface area contributed by atoms with Crippen molar-refractivity contribution in [3.05, 3.63) is 0 Å². The van der Waals surface area contributed by atoms with Gasteiger partial charge < -0.3 is 10.5 Å². The molecule has 2 atom stereocenters. The molecule has 0 aliphatic carbocycles. The van der Waals surface area contributed by atoms with E-state index in [-0.39, 0.29) is 5.25 Å². The molecule has 5 heteroatoms. The van der Waals surface area contributed by atoms with Gasteiger partial charge in [0.2, 0.25) is 0 Å². The van der Waals surface area contributed by atoms with Crippen molar-refractivity contribution in [2.45, 2.75) is 18.6 Å². The summed E-state index contributed by atoms with van der Waals surface area (Å²) < 4.78 is 17.0. The van der Waals surface area contributed by atoms with Crippen LogP contribution in [0.2, 0.25) is 0 Å². The smallest absolute Gasteiger partial charge is 0.0594 e. The van der Waals surface area contributed by atoms with Crippen molar-refractivity contribution in [3.8, 4) is 0 Å². The summed E-state index contributed by atoms with van der Waals surface area (Å²) in [6.07, 6.45) is 0.857. The Hall–Kier alpha value is 0.0300. The van der Waals surface area contributed by atoms with Crippen molar-refractivity contribution in [1.82, 2.24) is 4.90 Å². The van der Waals surface area contributed by atoms with E-state index in [1.165, 1.54) is 0 Å². The van der Waals surface area contributed by atoms with Crippen LogP contribution < -0.4 is 5.73 Å². The Bertz CT molecular complexity index is 196. The van der Waals surface area contributed by atoms with Crippen molar-refractivity contribution < 1.29 is 8.95 Å². The molecular weight excluding hydrogens is 212 g/mol. The molecule has 1 rings (SSSR count). The molecule has 0 aromatic heterocycles. The zero-order chi connectivity index (χ0) is 11.1. The third-order valence-corrected chi connectivity index (χ3v) is 4.45. The van der Waals surface area contributed by atoms with Crippen molar-refractivity contribution in [2.24, 2.45) is 5.73 Å². The number of hydrogen-bond donors (Lipinski definition) is 1. The number of nitrogens with two attached hydrogens (primary N) is 1. The minimum atomic E-state index is -0.729. The molecule has 0 aromatic rings. The minimum Gasteiger partial charge on any atom is -0.379 e. The van der Waals surface area contributed by atoms with E-state index in [0.29, 0.717) is 6.54 Å². The molecule has 1 saturated heterocycles. The summed E-state index contributed by atoms with van der Waals surface area (Å²) in [6.45, 7) is 7.14. The molecule has 90 valence electrons. The lowest BCUT2D eigenvalue weighted by Crippen LogP contribution is -2.39. The number of rotatable bonds is 6. The molecule has 1 aliphatic heterocycles. The Morgan fingerprint density at radius 2 is 2.13 bits per heavy atom. The van der Waals surface area contributed by atoms with Gasteiger partial charge in [0.15, 0.2) is 0 Å². The average molecular weight is 234 g/mol. The molecule has 0 amide bonds. The second-order valence-electron chi connectivity index (χ2n) is 3.93. The van der Waals surface area contributed by atoms with E-state index in [1.807, 2.05) is 6.92 Å². The van der Waals surface area contributed by atoms with Gasteiger partial charge in [-0.3, -0.25) is 9.11 Å². The maximum absolute atomic E-state index is 11.8. The molecule has 1 heterocycles. The Balaban J connectivity index is 2.14. The first-order valence-corrected chi connectivity index (χ1v) is 6.99. The highest BCUT2D eigenvalue weighted by molar-refractivity contribution is 7.85. The molecular formula is C10H22N2O2S. The van der Waals surface area contributed by atoms with Crippen LogP contribution in [0.5, 0.6) is 0 Å². The van der Waals surface area contributed by atoms with Gasteiger partial charge in [-0.2, -0.15) is 0 Å². The molecule has 4 nitrogen and oxygen atoms in total. The lowest BCUT2D eigenvalue weighted by atomic mass is 10.3. The van der Waals surface area contributed by atoms with E-state index in [4.69, 9.17) is 10.5 Å². The molecule has 2 N–H and O–H groups in total. The van der Waals surface area contributed by atoms with Crippen LogP contribution in [0, 0.1) is 0 Å². The maximum Gasteiger partial charge on any atom is 0.0594 e. The minimum absolute atomic E-state index is 0.232. The second-order valence-corrected chi connectivity index (χ2v) is 5.90. The van der Waals surface area contributed by atoms with Crippen LogP contribution in [0.1, 0.15) is 13.3 Å². The lowest BCUT2D eigenvalue weighted by molar-refractivity contribution is 0.0409. The number of nitrogens with zero attached hydrogens (tertiary/aromatic N) is 1. The third-order valence-electron chi connectivity index (χ3n) is 2.73. The average Bonchev–Trinajstić information content (AvgIpc) is 2.27. The SMILES string of the molecule is CC(CCN)S(=O)CCN1CCOCC1. The summed E-state index contributed by atoms with van der Waals surface area (Å²) in [5.74, 6) is 0.765. The van der Waals surface area contributed by atoms with Crippen LogP contribution in [0.3, 0.4) is 0 Å². The summed E-state index contributed by atoms with van der Waals surface area (Å²) in [7, 11) is -0.729. The van der Waals surface area contributed by atoms with Crippen molar-refractivity contribution in [3.63, 3.8) is 0 Å². The molecule has 0 saturated carbocycles. The van der Waals surface area contributed by atoms with Crippen LogP contribution >= 0.6 is 0 Å². The zero-order valence-corrected chi connectivity index (χ0v) is 10.3. The van der Waals surface area contributed by atoms with Gasteiger partial charge in [-0.25, -0.2) is 0 Å². The summed E-state index contributed by atoms with van der Waals surface area (Å²) in [5.41, 5.74) is 5.44. The van der Waals surface area contributed by atoms with Gasteiger partial charge in [-0.1, -0.05) is 6.92 Å². The van der Waals surface area contributed by atoms with Crippen LogP contribution in [-0.2, 0) is 15.5 Å². The van der Waals surface area contributed by atoms with Crippen LogP contribution in [0.15, 0.2) is 0 Å². The predicted octanol–water partition coefficient (Wildman–Crippen LogP) is -0.195. The standard InChI is InChI=1S/C10H22N2O2S/c1-10(2-3-11)15(13)9-6-12-4-7-14-8-5-12/h10H,2-9,11H2,1H3. The summed E-state index contributed by atoms with van der Waals surface area (Å²) in [4.78, 5) is 2.32. The lowest BCUT2D eigenvalue weighted by Gasteiger charge is -2.26. The van der Waals surface area contributed by atoms with Gasteiger partial charge in [-0.15, -0.1) is 0 Å². The van der Waals surface area contributed by atoms with Gasteiger partial charge in [0.05, 0.1) is 13.2 Å². The van der Waals surface area contributed by atoms with Crippen molar-refractivity contribution >= 4 is 10.8 Å². The first-order chi connectivity index (χ1) is 7.24. The Morgan fingerprint density at radius 3 is 2.73 bits per heavy atom. The Labute approximate surface area is 94.6 Å². The summed E-state index contributed by atoms with van der Waals surface area (Å²) in [6, 6.07) is 0. The second kappa shape index (κ2) is 7.33. The van der Waals surface area contributed by atoms with E-state index in [9.17, 15) is 4.21 Å². The van der Waals surface area contributed by atoms with Crippen LogP contribution in [0.4, 0.5) is 0 Å². The first-order valence-electron chi connectivity index (χ1n) is 5.61. The number of morpholine rings is 1. The predicted molar refractivity (Wildman–Crippen MR) is 63.4 cm³/mol. The van der Waals surface area contributed by atoms with Gasteiger partial charge in [-0.05, 0) is 13.0 Å². The quantitative estimate of drug-likeness (QED) is 0.692. The fourth-order valence-electron chi connectivity index (χ4n) is 1.61. The van der Waals surface area contributed by atoms with Gasteiger partial charge in [0.1, 0.15) is 0 Å². The monoisotopic (exact) mass is 234 g/mol. The van der Waals surface area contributed by atoms with E-state index in [1.54, 1.807) is 0 Å². The Kier molecular flexibility index (Phi) is 6.40. The molecule has 15 heavy (non-hydrogen) atoms. The van der Waals surface area contributed by atoms with E-state index in [0.717, 1.165) is 45.0 Å². The van der Waals surface area contributed by atoms with Crippen LogP contribution in [-0.4, -0.2) is 59.5 Å². The molecule has 0 aromatic carbocycles. The third kappa shape index (κ3) is 5.06. The van der Waals surface area contributed by atoms with Gasteiger partial charge in [0.25, 0.3) is 0 Å². The largest absolute Gasteiger partial charge is 0.379 e. The summed E-state index contributed by atoms with van der Waals surface area (Å²) in [5, 5.41) is 0.232. The zero-order valence-electron chi connectivity index (χ0n) is 9.48. The Morgan fingerprint density at radius 1 is 1.47 bits per heavy atom. The van der Waals surface area contributed by atoms with Crippen molar-refractivity contribution in [2.75, 3.05) is 45.1 Å². The molecule has 1 aliphatic rings. The van der Waals surface area contributed by atoms with Gasteiger partial charge >= 0.3 is 0 Å². The number of hydrogen-bond acceptors (Lipinski definition) is 4. The van der Waals surface area contributed by atoms with Crippen molar-refractivity contribution in [1.29, 1.82) is 0 Å². The molecule has 0 spiro atoms. The topological polar surface area (TPSA) is 55.6 Å². The highest BCUT2D eigenvalue weighted by atomic mass is 32.2. The van der Waals surface area contributed by atoms with E-state index >= 15 is 0 Å². The van der Waals surface area contributed by atoms with Gasteiger partial charge in [0, 0.05) is 41.4 Å². The van der Waals surface area contributed by atoms with E-state index in [2.05, 4.69) is 4.90 Å². The molecule has 2 unspecified atom stereocenters. The molecule has 0 bridgehead atoms. The molecule has 1 fully saturated rings.